The number of amides is 1. The van der Waals surface area contributed by atoms with Gasteiger partial charge in [0.25, 0.3) is 0 Å². The fraction of sp³-hybridized carbons (Fsp3) is 0.333. The van der Waals surface area contributed by atoms with E-state index in [1.807, 2.05) is 24.4 Å². The number of aromatic nitrogens is 4. The minimum absolute atomic E-state index is 0.00247. The number of para-hydroxylation sites is 1. The number of rotatable bonds is 4. The molecule has 1 atom stereocenters. The molecule has 1 aliphatic carbocycles. The maximum Gasteiger partial charge on any atom is 0.223 e. The molecule has 0 aliphatic heterocycles. The molecule has 1 aliphatic rings. The minimum Gasteiger partial charge on any atom is -0.356 e. The lowest BCUT2D eigenvalue weighted by atomic mass is 9.89. The summed E-state index contributed by atoms with van der Waals surface area (Å²) in [6.07, 6.45) is 5.00. The number of fused-ring (bicyclic) bond motifs is 2. The molecule has 2 N–H and O–H groups in total. The Hall–Kier alpha value is -2.76. The van der Waals surface area contributed by atoms with Crippen molar-refractivity contribution < 1.29 is 4.79 Å². The van der Waals surface area contributed by atoms with Crippen LogP contribution in [0.2, 0.25) is 0 Å². The van der Waals surface area contributed by atoms with Crippen LogP contribution in [0.5, 0.6) is 0 Å². The van der Waals surface area contributed by atoms with Gasteiger partial charge >= 0.3 is 0 Å². The Morgan fingerprint density at radius 2 is 2.12 bits per heavy atom. The first-order valence-electron chi connectivity index (χ1n) is 8.29. The van der Waals surface area contributed by atoms with Crippen LogP contribution in [0.1, 0.15) is 23.4 Å². The molecule has 1 aromatic carbocycles. The van der Waals surface area contributed by atoms with E-state index in [4.69, 9.17) is 0 Å². The van der Waals surface area contributed by atoms with E-state index in [-0.39, 0.29) is 11.8 Å². The van der Waals surface area contributed by atoms with E-state index in [1.165, 1.54) is 0 Å². The highest BCUT2D eigenvalue weighted by Crippen LogP contribution is 2.22. The zero-order chi connectivity index (χ0) is 16.4. The molecule has 0 saturated carbocycles. The van der Waals surface area contributed by atoms with Crippen molar-refractivity contribution in [3.05, 3.63) is 53.5 Å². The predicted octanol–water partition coefficient (Wildman–Crippen LogP) is 1.82. The molecular formula is C18H19N5O. The summed E-state index contributed by atoms with van der Waals surface area (Å²) in [5.41, 5.74) is 4.06. The Kier molecular flexibility index (Phi) is 3.94. The molecule has 3 aromatic rings. The summed E-state index contributed by atoms with van der Waals surface area (Å²) in [4.78, 5) is 16.8. The number of carbonyl (C=O) groups is 1. The lowest BCUT2D eigenvalue weighted by Gasteiger charge is -2.19. The van der Waals surface area contributed by atoms with Gasteiger partial charge in [-0.25, -0.2) is 0 Å². The molecule has 24 heavy (non-hydrogen) atoms. The van der Waals surface area contributed by atoms with Crippen LogP contribution in [-0.2, 0) is 24.1 Å². The third-order valence-corrected chi connectivity index (χ3v) is 4.60. The Morgan fingerprint density at radius 1 is 1.25 bits per heavy atom. The Bertz CT molecular complexity index is 872. The lowest BCUT2D eigenvalue weighted by Crippen LogP contribution is -2.35. The first-order valence-corrected chi connectivity index (χ1v) is 8.29. The third-order valence-electron chi connectivity index (χ3n) is 4.60. The Balaban J connectivity index is 1.32. The number of nitrogens with zero attached hydrogens (tertiary/aromatic N) is 3. The molecule has 122 valence electrons. The first kappa shape index (κ1) is 14.8. The summed E-state index contributed by atoms with van der Waals surface area (Å²) < 4.78 is 0. The molecule has 2 heterocycles. The molecule has 0 radical (unpaired) electrons. The standard InChI is InChI=1S/C18H19N5O/c24-18(14-5-6-16-17(10-14)22-23-21-16)19-8-7-12-9-13-3-1-2-4-15(13)20-11-12/h1-4,9,11,14H,5-8,10H2,(H,19,24)(H,21,22,23). The van der Waals surface area contributed by atoms with Gasteiger partial charge in [-0.2, -0.15) is 15.4 Å². The minimum atomic E-state index is -0.00247. The number of benzene rings is 1. The van der Waals surface area contributed by atoms with Crippen LogP contribution in [0, 0.1) is 5.92 Å². The van der Waals surface area contributed by atoms with Gasteiger partial charge in [0.05, 0.1) is 16.9 Å². The van der Waals surface area contributed by atoms with Gasteiger partial charge in [0.2, 0.25) is 5.91 Å². The summed E-state index contributed by atoms with van der Waals surface area (Å²) in [5.74, 6) is 0.106. The van der Waals surface area contributed by atoms with Gasteiger partial charge in [-0.3, -0.25) is 9.78 Å². The Labute approximate surface area is 139 Å². The molecule has 2 aromatic heterocycles. The molecule has 0 bridgehead atoms. The summed E-state index contributed by atoms with van der Waals surface area (Å²) in [5, 5.41) is 15.0. The zero-order valence-corrected chi connectivity index (χ0v) is 13.3. The van der Waals surface area contributed by atoms with Crippen molar-refractivity contribution in [2.45, 2.75) is 25.7 Å². The fourth-order valence-corrected chi connectivity index (χ4v) is 3.24. The van der Waals surface area contributed by atoms with Gasteiger partial charge in [-0.15, -0.1) is 0 Å². The number of carbonyl (C=O) groups excluding carboxylic acids is 1. The second-order valence-electron chi connectivity index (χ2n) is 6.23. The normalized spacial score (nSPS) is 16.8. The number of pyridine rings is 1. The summed E-state index contributed by atoms with van der Waals surface area (Å²) in [6, 6.07) is 10.2. The smallest absolute Gasteiger partial charge is 0.223 e. The molecule has 1 unspecified atom stereocenters. The van der Waals surface area contributed by atoms with E-state index in [1.54, 1.807) is 0 Å². The average molecular weight is 321 g/mol. The Morgan fingerprint density at radius 3 is 3.08 bits per heavy atom. The van der Waals surface area contributed by atoms with Crippen molar-refractivity contribution >= 4 is 16.8 Å². The van der Waals surface area contributed by atoms with Gasteiger partial charge < -0.3 is 5.32 Å². The molecule has 1 amide bonds. The van der Waals surface area contributed by atoms with Crippen molar-refractivity contribution in [3.8, 4) is 0 Å². The number of hydrogen-bond donors (Lipinski definition) is 2. The number of aromatic amines is 1. The molecular weight excluding hydrogens is 302 g/mol. The molecule has 0 spiro atoms. The molecule has 6 nitrogen and oxygen atoms in total. The third kappa shape index (κ3) is 2.99. The van der Waals surface area contributed by atoms with Crippen LogP contribution in [0.3, 0.4) is 0 Å². The van der Waals surface area contributed by atoms with E-state index < -0.39 is 0 Å². The van der Waals surface area contributed by atoms with E-state index in [0.29, 0.717) is 13.0 Å². The van der Waals surface area contributed by atoms with Crippen LogP contribution >= 0.6 is 0 Å². The van der Waals surface area contributed by atoms with Crippen molar-refractivity contribution in [1.82, 2.24) is 25.7 Å². The predicted molar refractivity (Wildman–Crippen MR) is 90.4 cm³/mol. The molecule has 6 heteroatoms. The maximum absolute atomic E-state index is 12.3. The van der Waals surface area contributed by atoms with Gasteiger partial charge in [0.1, 0.15) is 0 Å². The number of aryl methyl sites for hydroxylation is 1. The zero-order valence-electron chi connectivity index (χ0n) is 13.3. The largest absolute Gasteiger partial charge is 0.356 e. The van der Waals surface area contributed by atoms with Crippen LogP contribution in [0.25, 0.3) is 10.9 Å². The van der Waals surface area contributed by atoms with Crippen molar-refractivity contribution in [2.24, 2.45) is 5.92 Å². The average Bonchev–Trinajstić information content (AvgIpc) is 3.09. The highest BCUT2D eigenvalue weighted by atomic mass is 16.1. The van der Waals surface area contributed by atoms with Gasteiger partial charge in [-0.05, 0) is 37.0 Å². The second-order valence-corrected chi connectivity index (χ2v) is 6.23. The highest BCUT2D eigenvalue weighted by Gasteiger charge is 2.26. The second kappa shape index (κ2) is 6.39. The van der Waals surface area contributed by atoms with E-state index in [0.717, 1.165) is 47.1 Å². The van der Waals surface area contributed by atoms with Crippen LogP contribution in [0.4, 0.5) is 0 Å². The van der Waals surface area contributed by atoms with Crippen molar-refractivity contribution in [2.75, 3.05) is 6.54 Å². The number of hydrogen-bond acceptors (Lipinski definition) is 4. The summed E-state index contributed by atoms with van der Waals surface area (Å²) >= 11 is 0. The van der Waals surface area contributed by atoms with Gasteiger partial charge in [-0.1, -0.05) is 18.2 Å². The van der Waals surface area contributed by atoms with Crippen LogP contribution in [0.15, 0.2) is 36.5 Å². The number of nitrogens with one attached hydrogen (secondary N) is 2. The van der Waals surface area contributed by atoms with Gasteiger partial charge in [0, 0.05) is 30.5 Å². The van der Waals surface area contributed by atoms with Crippen LogP contribution < -0.4 is 5.32 Å². The first-order chi connectivity index (χ1) is 11.8. The summed E-state index contributed by atoms with van der Waals surface area (Å²) in [7, 11) is 0. The van der Waals surface area contributed by atoms with E-state index in [2.05, 4.69) is 37.8 Å². The topological polar surface area (TPSA) is 83.6 Å². The van der Waals surface area contributed by atoms with Crippen LogP contribution in [-0.4, -0.2) is 32.8 Å². The van der Waals surface area contributed by atoms with E-state index >= 15 is 0 Å². The maximum atomic E-state index is 12.3. The van der Waals surface area contributed by atoms with E-state index in [9.17, 15) is 4.79 Å². The lowest BCUT2D eigenvalue weighted by molar-refractivity contribution is -0.125. The van der Waals surface area contributed by atoms with Crippen molar-refractivity contribution in [1.29, 1.82) is 0 Å². The van der Waals surface area contributed by atoms with Crippen molar-refractivity contribution in [3.63, 3.8) is 0 Å². The molecule has 0 fully saturated rings. The fourth-order valence-electron chi connectivity index (χ4n) is 3.24. The summed E-state index contributed by atoms with van der Waals surface area (Å²) in [6.45, 7) is 0.626. The molecule has 0 saturated heterocycles. The van der Waals surface area contributed by atoms with Gasteiger partial charge in [0.15, 0.2) is 0 Å². The SMILES string of the molecule is O=C(NCCc1cnc2ccccc2c1)C1CCc2n[nH]nc2C1. The molecule has 4 rings (SSSR count). The monoisotopic (exact) mass is 321 g/mol. The highest BCUT2D eigenvalue weighted by molar-refractivity contribution is 5.80. The quantitative estimate of drug-likeness (QED) is 0.768. The number of H-pyrrole nitrogens is 1.